The number of rotatable bonds is 2. The summed E-state index contributed by atoms with van der Waals surface area (Å²) in [6.07, 6.45) is -2.65. The molecule has 1 aromatic carbocycles. The van der Waals surface area contributed by atoms with Crippen LogP contribution in [-0.4, -0.2) is 25.5 Å². The lowest BCUT2D eigenvalue weighted by atomic mass is 9.90. The molecule has 0 spiro atoms. The summed E-state index contributed by atoms with van der Waals surface area (Å²) in [5.74, 6) is 0.109. The van der Waals surface area contributed by atoms with Crippen LogP contribution in [0.25, 0.3) is 0 Å². The molecule has 0 radical (unpaired) electrons. The second-order valence-electron chi connectivity index (χ2n) is 4.19. The van der Waals surface area contributed by atoms with Gasteiger partial charge in [-0.1, -0.05) is 29.8 Å². The van der Waals surface area contributed by atoms with Gasteiger partial charge in [0.05, 0.1) is 6.61 Å². The van der Waals surface area contributed by atoms with Crippen molar-refractivity contribution in [3.8, 4) is 0 Å². The zero-order valence-corrected chi connectivity index (χ0v) is 9.49. The van der Waals surface area contributed by atoms with Gasteiger partial charge in [-0.15, -0.1) is 0 Å². The van der Waals surface area contributed by atoms with Gasteiger partial charge < -0.3 is 10.5 Å². The fraction of sp³-hybridized carbons (Fsp3) is 0.417. The quantitative estimate of drug-likeness (QED) is 0.857. The number of nitrogens with two attached hydrogens (primary N) is 1. The maximum atomic E-state index is 13.3. The molecule has 0 saturated carbocycles. The van der Waals surface area contributed by atoms with E-state index in [4.69, 9.17) is 10.5 Å². The van der Waals surface area contributed by atoms with E-state index in [-0.39, 0.29) is 19.0 Å². The number of amidine groups is 1. The standard InChI is InChI=1S/C12H14F2N2O/c1-8-3-2-4-9(5-8)12(11(13)14)7-17-6-10(15)16-12/h2-5,11H,6-7H2,1H3,(H2,15,16). The fourth-order valence-corrected chi connectivity index (χ4v) is 1.93. The first-order valence-electron chi connectivity index (χ1n) is 5.32. The number of benzene rings is 1. The number of hydrogen-bond acceptors (Lipinski definition) is 3. The lowest BCUT2D eigenvalue weighted by Gasteiger charge is -2.33. The minimum Gasteiger partial charge on any atom is -0.385 e. The monoisotopic (exact) mass is 240 g/mol. The van der Waals surface area contributed by atoms with Crippen LogP contribution in [-0.2, 0) is 10.3 Å². The van der Waals surface area contributed by atoms with Gasteiger partial charge in [0.1, 0.15) is 12.4 Å². The van der Waals surface area contributed by atoms with Crippen LogP contribution >= 0.6 is 0 Å². The van der Waals surface area contributed by atoms with Gasteiger partial charge in [-0.2, -0.15) is 0 Å². The van der Waals surface area contributed by atoms with Crippen LogP contribution in [0.1, 0.15) is 11.1 Å². The van der Waals surface area contributed by atoms with E-state index in [0.717, 1.165) is 5.56 Å². The Labute approximate surface area is 98.3 Å². The predicted molar refractivity (Wildman–Crippen MR) is 61.3 cm³/mol. The van der Waals surface area contributed by atoms with Crippen molar-refractivity contribution in [1.29, 1.82) is 0 Å². The number of ether oxygens (including phenoxy) is 1. The fourth-order valence-electron chi connectivity index (χ4n) is 1.93. The molecule has 1 aliphatic heterocycles. The summed E-state index contributed by atoms with van der Waals surface area (Å²) in [6, 6.07) is 6.90. The Hall–Kier alpha value is -1.49. The number of hydrogen-bond donors (Lipinski definition) is 1. The van der Waals surface area contributed by atoms with Gasteiger partial charge in [-0.05, 0) is 12.5 Å². The highest BCUT2D eigenvalue weighted by Crippen LogP contribution is 2.35. The SMILES string of the molecule is Cc1cccc(C2(C(F)F)COCC(N)=N2)c1. The molecule has 0 aromatic heterocycles. The Kier molecular flexibility index (Phi) is 3.11. The highest BCUT2D eigenvalue weighted by molar-refractivity contribution is 5.82. The maximum Gasteiger partial charge on any atom is 0.269 e. The van der Waals surface area contributed by atoms with Crippen LogP contribution in [0.2, 0.25) is 0 Å². The Balaban J connectivity index is 2.52. The first-order chi connectivity index (χ1) is 8.04. The van der Waals surface area contributed by atoms with Crippen molar-refractivity contribution in [2.24, 2.45) is 10.7 Å². The Morgan fingerprint density at radius 2 is 2.24 bits per heavy atom. The molecule has 1 atom stereocenters. The summed E-state index contributed by atoms with van der Waals surface area (Å²) < 4.78 is 31.8. The molecule has 0 amide bonds. The molecule has 1 aromatic rings. The van der Waals surface area contributed by atoms with Gasteiger partial charge in [0.25, 0.3) is 6.43 Å². The molecule has 3 nitrogen and oxygen atoms in total. The summed E-state index contributed by atoms with van der Waals surface area (Å²) >= 11 is 0. The van der Waals surface area contributed by atoms with Crippen LogP contribution in [0, 0.1) is 6.92 Å². The van der Waals surface area contributed by atoms with Crippen LogP contribution in [0.5, 0.6) is 0 Å². The van der Waals surface area contributed by atoms with Crippen molar-refractivity contribution in [2.45, 2.75) is 18.9 Å². The summed E-state index contributed by atoms with van der Waals surface area (Å²) in [5, 5.41) is 0. The summed E-state index contributed by atoms with van der Waals surface area (Å²) in [6.45, 7) is 1.81. The molecule has 2 N–H and O–H groups in total. The van der Waals surface area contributed by atoms with Crippen LogP contribution in [0.15, 0.2) is 29.3 Å². The first kappa shape index (κ1) is 12.0. The van der Waals surface area contributed by atoms with Crippen molar-refractivity contribution in [3.63, 3.8) is 0 Å². The number of nitrogens with zero attached hydrogens (tertiary/aromatic N) is 1. The first-order valence-corrected chi connectivity index (χ1v) is 5.32. The third-order valence-electron chi connectivity index (χ3n) is 2.79. The second kappa shape index (κ2) is 4.41. The van der Waals surface area contributed by atoms with E-state index in [2.05, 4.69) is 4.99 Å². The lowest BCUT2D eigenvalue weighted by molar-refractivity contribution is -0.0129. The maximum absolute atomic E-state index is 13.3. The molecule has 0 bridgehead atoms. The highest BCUT2D eigenvalue weighted by atomic mass is 19.3. The number of alkyl halides is 2. The van der Waals surface area contributed by atoms with Crippen molar-refractivity contribution < 1.29 is 13.5 Å². The predicted octanol–water partition coefficient (Wildman–Crippen LogP) is 1.84. The molecule has 5 heteroatoms. The average Bonchev–Trinajstić information content (AvgIpc) is 2.28. The Bertz CT molecular complexity index is 448. The number of aryl methyl sites for hydroxylation is 1. The van der Waals surface area contributed by atoms with Crippen molar-refractivity contribution in [3.05, 3.63) is 35.4 Å². The van der Waals surface area contributed by atoms with Gasteiger partial charge in [0.15, 0.2) is 5.54 Å². The molecule has 0 saturated heterocycles. The van der Waals surface area contributed by atoms with E-state index in [1.165, 1.54) is 0 Å². The van der Waals surface area contributed by atoms with Crippen molar-refractivity contribution in [2.75, 3.05) is 13.2 Å². The molecule has 2 rings (SSSR count). The third-order valence-corrected chi connectivity index (χ3v) is 2.79. The number of aliphatic imine (C=N–C) groups is 1. The van der Waals surface area contributed by atoms with E-state index in [1.54, 1.807) is 18.2 Å². The molecule has 1 aliphatic rings. The molecule has 92 valence electrons. The molecule has 0 aliphatic carbocycles. The molecule has 1 heterocycles. The normalized spacial score (nSPS) is 24.8. The van der Waals surface area contributed by atoms with Gasteiger partial charge in [0, 0.05) is 0 Å². The van der Waals surface area contributed by atoms with Crippen LogP contribution in [0.4, 0.5) is 8.78 Å². The van der Waals surface area contributed by atoms with E-state index in [9.17, 15) is 8.78 Å². The molecular weight excluding hydrogens is 226 g/mol. The summed E-state index contributed by atoms with van der Waals surface area (Å²) in [5.41, 5.74) is 5.20. The zero-order chi connectivity index (χ0) is 12.5. The van der Waals surface area contributed by atoms with E-state index in [1.807, 2.05) is 13.0 Å². The smallest absolute Gasteiger partial charge is 0.269 e. The minimum absolute atomic E-state index is 0.109. The second-order valence-corrected chi connectivity index (χ2v) is 4.19. The van der Waals surface area contributed by atoms with E-state index >= 15 is 0 Å². The van der Waals surface area contributed by atoms with Gasteiger partial charge >= 0.3 is 0 Å². The zero-order valence-electron chi connectivity index (χ0n) is 9.49. The molecule has 17 heavy (non-hydrogen) atoms. The van der Waals surface area contributed by atoms with E-state index in [0.29, 0.717) is 5.56 Å². The number of halogens is 2. The van der Waals surface area contributed by atoms with Crippen molar-refractivity contribution in [1.82, 2.24) is 0 Å². The van der Waals surface area contributed by atoms with Crippen molar-refractivity contribution >= 4 is 5.84 Å². The highest BCUT2D eigenvalue weighted by Gasteiger charge is 2.44. The summed E-state index contributed by atoms with van der Waals surface area (Å²) in [7, 11) is 0. The van der Waals surface area contributed by atoms with Gasteiger partial charge in [-0.25, -0.2) is 8.78 Å². The minimum atomic E-state index is -2.65. The average molecular weight is 240 g/mol. The molecule has 0 fully saturated rings. The summed E-state index contributed by atoms with van der Waals surface area (Å²) in [4.78, 5) is 3.94. The van der Waals surface area contributed by atoms with Gasteiger partial charge in [0.2, 0.25) is 0 Å². The lowest BCUT2D eigenvalue weighted by Crippen LogP contribution is -2.44. The Morgan fingerprint density at radius 1 is 1.47 bits per heavy atom. The molecular formula is C12H14F2N2O. The topological polar surface area (TPSA) is 47.6 Å². The Morgan fingerprint density at radius 3 is 2.82 bits per heavy atom. The van der Waals surface area contributed by atoms with E-state index < -0.39 is 12.0 Å². The van der Waals surface area contributed by atoms with Gasteiger partial charge in [-0.3, -0.25) is 4.99 Å². The van der Waals surface area contributed by atoms with Crippen LogP contribution < -0.4 is 5.73 Å². The largest absolute Gasteiger partial charge is 0.385 e. The van der Waals surface area contributed by atoms with Crippen LogP contribution in [0.3, 0.4) is 0 Å². The third kappa shape index (κ3) is 2.15. The molecule has 1 unspecified atom stereocenters.